The van der Waals surface area contributed by atoms with Gasteiger partial charge < -0.3 is 4.74 Å². The van der Waals surface area contributed by atoms with Gasteiger partial charge in [-0.3, -0.25) is 11.3 Å². The monoisotopic (exact) mass is 414 g/mol. The van der Waals surface area contributed by atoms with E-state index in [1.807, 2.05) is 54.6 Å². The van der Waals surface area contributed by atoms with Crippen LogP contribution in [0.1, 0.15) is 22.7 Å². The van der Waals surface area contributed by atoms with Crippen LogP contribution in [0.3, 0.4) is 0 Å². The molecule has 5 heteroatoms. The van der Waals surface area contributed by atoms with Crippen molar-refractivity contribution in [2.75, 3.05) is 0 Å². The molecular formula is C21H20BrFN2O. The Morgan fingerprint density at radius 3 is 2.58 bits per heavy atom. The molecule has 3 aromatic rings. The van der Waals surface area contributed by atoms with Crippen LogP contribution in [0.4, 0.5) is 4.39 Å². The van der Waals surface area contributed by atoms with Crippen molar-refractivity contribution in [1.82, 2.24) is 5.43 Å². The highest BCUT2D eigenvalue weighted by Crippen LogP contribution is 2.26. The highest BCUT2D eigenvalue weighted by Gasteiger charge is 2.14. The number of ether oxygens (including phenoxy) is 1. The first kappa shape index (κ1) is 18.6. The molecule has 3 aromatic carbocycles. The number of hydrogen-bond acceptors (Lipinski definition) is 3. The van der Waals surface area contributed by atoms with Crippen molar-refractivity contribution in [2.24, 2.45) is 5.84 Å². The molecule has 26 heavy (non-hydrogen) atoms. The lowest BCUT2D eigenvalue weighted by atomic mass is 9.99. The molecule has 134 valence electrons. The van der Waals surface area contributed by atoms with Crippen LogP contribution in [-0.4, -0.2) is 0 Å². The molecule has 1 unspecified atom stereocenters. The number of nitrogens with two attached hydrogens (primary N) is 1. The minimum absolute atomic E-state index is 0.159. The maximum atomic E-state index is 13.5. The Bertz CT molecular complexity index is 858. The smallest absolute Gasteiger partial charge is 0.123 e. The van der Waals surface area contributed by atoms with Crippen LogP contribution >= 0.6 is 15.9 Å². The van der Waals surface area contributed by atoms with Crippen LogP contribution in [0.2, 0.25) is 0 Å². The molecule has 0 aromatic heterocycles. The van der Waals surface area contributed by atoms with Crippen molar-refractivity contribution in [3.05, 3.63) is 99.8 Å². The van der Waals surface area contributed by atoms with Crippen LogP contribution < -0.4 is 16.0 Å². The molecule has 0 saturated carbocycles. The highest BCUT2D eigenvalue weighted by molar-refractivity contribution is 9.10. The Kier molecular flexibility index (Phi) is 6.39. The maximum absolute atomic E-state index is 13.5. The molecule has 3 nitrogen and oxygen atoms in total. The summed E-state index contributed by atoms with van der Waals surface area (Å²) in [6.45, 7) is 0.500. The molecule has 0 aliphatic rings. The summed E-state index contributed by atoms with van der Waals surface area (Å²) in [7, 11) is 0. The number of halogens is 2. The number of nitrogens with one attached hydrogen (secondary N) is 1. The molecule has 1 atom stereocenters. The number of hydrogen-bond donors (Lipinski definition) is 2. The van der Waals surface area contributed by atoms with Gasteiger partial charge in [0.25, 0.3) is 0 Å². The Labute approximate surface area is 161 Å². The minimum Gasteiger partial charge on any atom is -0.489 e. The van der Waals surface area contributed by atoms with Gasteiger partial charge in [-0.2, -0.15) is 0 Å². The lowest BCUT2D eigenvalue weighted by Gasteiger charge is -2.18. The van der Waals surface area contributed by atoms with Gasteiger partial charge in [-0.25, -0.2) is 4.39 Å². The molecule has 0 spiro atoms. The molecule has 0 amide bonds. The largest absolute Gasteiger partial charge is 0.489 e. The molecule has 0 saturated heterocycles. The number of hydrazine groups is 1. The van der Waals surface area contributed by atoms with Gasteiger partial charge in [0.15, 0.2) is 0 Å². The zero-order valence-electron chi connectivity index (χ0n) is 14.2. The van der Waals surface area contributed by atoms with Crippen LogP contribution in [0.5, 0.6) is 5.75 Å². The van der Waals surface area contributed by atoms with Crippen molar-refractivity contribution in [2.45, 2.75) is 19.1 Å². The third kappa shape index (κ3) is 4.91. The van der Waals surface area contributed by atoms with Gasteiger partial charge >= 0.3 is 0 Å². The predicted octanol–water partition coefficient (Wildman–Crippen LogP) is 4.91. The van der Waals surface area contributed by atoms with Crippen LogP contribution in [0.25, 0.3) is 0 Å². The normalized spacial score (nSPS) is 12.0. The van der Waals surface area contributed by atoms with E-state index < -0.39 is 0 Å². The van der Waals surface area contributed by atoms with Gasteiger partial charge in [-0.05, 0) is 53.4 Å². The van der Waals surface area contributed by atoms with E-state index >= 15 is 0 Å². The van der Waals surface area contributed by atoms with Crippen molar-refractivity contribution >= 4 is 15.9 Å². The van der Waals surface area contributed by atoms with Gasteiger partial charge in [0, 0.05) is 4.47 Å². The van der Waals surface area contributed by atoms with Gasteiger partial charge in [0.2, 0.25) is 0 Å². The number of rotatable bonds is 7. The van der Waals surface area contributed by atoms with E-state index in [4.69, 9.17) is 10.6 Å². The lowest BCUT2D eigenvalue weighted by molar-refractivity contribution is 0.305. The molecule has 0 aliphatic carbocycles. The van der Waals surface area contributed by atoms with E-state index in [1.165, 1.54) is 12.1 Å². The average molecular weight is 415 g/mol. The first-order valence-electron chi connectivity index (χ1n) is 8.32. The molecular weight excluding hydrogens is 395 g/mol. The van der Waals surface area contributed by atoms with Gasteiger partial charge in [0.1, 0.15) is 18.2 Å². The fourth-order valence-electron chi connectivity index (χ4n) is 2.75. The lowest BCUT2D eigenvalue weighted by Crippen LogP contribution is -2.29. The Balaban J connectivity index is 1.73. The third-order valence-corrected chi connectivity index (χ3v) is 4.92. The first-order valence-corrected chi connectivity index (χ1v) is 9.12. The molecule has 0 aliphatic heterocycles. The summed E-state index contributed by atoms with van der Waals surface area (Å²) in [5, 5.41) is 0. The highest BCUT2D eigenvalue weighted by atomic mass is 79.9. The Morgan fingerprint density at radius 2 is 1.81 bits per heavy atom. The van der Waals surface area contributed by atoms with E-state index in [-0.39, 0.29) is 11.9 Å². The van der Waals surface area contributed by atoms with Crippen molar-refractivity contribution < 1.29 is 9.13 Å². The van der Waals surface area contributed by atoms with Crippen LogP contribution in [0.15, 0.2) is 77.3 Å². The summed E-state index contributed by atoms with van der Waals surface area (Å²) in [6, 6.07) is 22.3. The van der Waals surface area contributed by atoms with E-state index in [2.05, 4.69) is 21.4 Å². The zero-order valence-corrected chi connectivity index (χ0v) is 15.7. The average Bonchev–Trinajstić information content (AvgIpc) is 2.68. The molecule has 0 heterocycles. The summed E-state index contributed by atoms with van der Waals surface area (Å²) in [5.41, 5.74) is 5.75. The molecule has 0 fully saturated rings. The van der Waals surface area contributed by atoms with Crippen molar-refractivity contribution in [1.29, 1.82) is 0 Å². The minimum atomic E-state index is -0.265. The third-order valence-electron chi connectivity index (χ3n) is 4.14. The summed E-state index contributed by atoms with van der Waals surface area (Å²) in [4.78, 5) is 0. The summed E-state index contributed by atoms with van der Waals surface area (Å²) in [5.74, 6) is 6.26. The zero-order chi connectivity index (χ0) is 18.4. The standard InChI is InChI=1S/C21H20BrFN2O/c22-20-10-9-18(23)11-17(20)13-21(25-24)16-7-4-8-19(12-16)26-14-15-5-2-1-3-6-15/h1-12,21,25H,13-14,24H2. The second-order valence-corrected chi connectivity index (χ2v) is 6.86. The van der Waals surface area contributed by atoms with Crippen LogP contribution in [-0.2, 0) is 13.0 Å². The van der Waals surface area contributed by atoms with Gasteiger partial charge in [-0.15, -0.1) is 0 Å². The first-order chi connectivity index (χ1) is 12.7. The Hall–Kier alpha value is -2.21. The van der Waals surface area contributed by atoms with E-state index in [9.17, 15) is 4.39 Å². The summed E-state index contributed by atoms with van der Waals surface area (Å²) < 4.78 is 20.3. The Morgan fingerprint density at radius 1 is 1.00 bits per heavy atom. The van der Waals surface area contributed by atoms with Gasteiger partial charge in [0.05, 0.1) is 6.04 Å². The molecule has 3 rings (SSSR count). The quantitative estimate of drug-likeness (QED) is 0.426. The fraction of sp³-hybridized carbons (Fsp3) is 0.143. The summed E-state index contributed by atoms with van der Waals surface area (Å²) in [6.07, 6.45) is 0.553. The second-order valence-electron chi connectivity index (χ2n) is 6.01. The topological polar surface area (TPSA) is 47.3 Å². The van der Waals surface area contributed by atoms with E-state index in [0.717, 1.165) is 26.9 Å². The SMILES string of the molecule is NNC(Cc1cc(F)ccc1Br)c1cccc(OCc2ccccc2)c1. The van der Waals surface area contributed by atoms with Gasteiger partial charge in [-0.1, -0.05) is 58.4 Å². The fourth-order valence-corrected chi connectivity index (χ4v) is 3.16. The second kappa shape index (κ2) is 8.94. The predicted molar refractivity (Wildman–Crippen MR) is 105 cm³/mol. The van der Waals surface area contributed by atoms with E-state index in [1.54, 1.807) is 6.07 Å². The number of benzene rings is 3. The van der Waals surface area contributed by atoms with Crippen molar-refractivity contribution in [3.8, 4) is 5.75 Å². The summed E-state index contributed by atoms with van der Waals surface area (Å²) >= 11 is 3.47. The van der Waals surface area contributed by atoms with Crippen molar-refractivity contribution in [3.63, 3.8) is 0 Å². The van der Waals surface area contributed by atoms with Crippen LogP contribution in [0, 0.1) is 5.82 Å². The molecule has 3 N–H and O–H groups in total. The van der Waals surface area contributed by atoms with E-state index in [0.29, 0.717) is 13.0 Å². The maximum Gasteiger partial charge on any atom is 0.123 e. The molecule has 0 bridgehead atoms. The molecule has 0 radical (unpaired) electrons.